The molecule has 0 saturated heterocycles. The standard InChI is InChI=1S/C37H50N/c1-8-10-20-37(5,6)29-13-16-30-28(24-29)12-15-33-32(30)17-18-35-34(33)19-21-38(7)36(35)31-14-11-26(22-25(3)4)23-27(31)9-2/h11-19,21,24-25,27-28,30,34-35H,8-10,20,22-23H2,1-7H3/q+1. The monoisotopic (exact) mass is 508 g/mol. The van der Waals surface area contributed by atoms with Crippen molar-refractivity contribution in [3.8, 4) is 0 Å². The molecule has 1 heteroatoms. The second kappa shape index (κ2) is 11.0. The third-order valence-corrected chi connectivity index (χ3v) is 9.74. The van der Waals surface area contributed by atoms with Crippen molar-refractivity contribution >= 4 is 5.71 Å². The first-order valence-corrected chi connectivity index (χ1v) is 15.4. The molecule has 5 atom stereocenters. The first-order valence-electron chi connectivity index (χ1n) is 15.4. The Hall–Kier alpha value is -2.41. The van der Waals surface area contributed by atoms with E-state index >= 15 is 0 Å². The molecule has 0 N–H and O–H groups in total. The number of fused-ring (bicyclic) bond motifs is 4. The summed E-state index contributed by atoms with van der Waals surface area (Å²) >= 11 is 0. The quantitative estimate of drug-likeness (QED) is 0.287. The zero-order valence-corrected chi connectivity index (χ0v) is 25.0. The second-order valence-corrected chi connectivity index (χ2v) is 13.4. The SMILES string of the molecule is CCCCC(C)(C)C1=CC2C=CC3=C(C=CC4C(C5=CC=C(CC(C)C)CC5CC)=[N+](C)C=CC34)C2C=C1. The normalized spacial score (nSPS) is 30.2. The fraction of sp³-hybridized carbons (Fsp3) is 0.541. The van der Waals surface area contributed by atoms with E-state index in [1.165, 1.54) is 61.0 Å². The summed E-state index contributed by atoms with van der Waals surface area (Å²) in [5.74, 6) is 3.13. The lowest BCUT2D eigenvalue weighted by molar-refractivity contribution is -0.427. The Morgan fingerprint density at radius 3 is 2.39 bits per heavy atom. The van der Waals surface area contributed by atoms with Crippen LogP contribution >= 0.6 is 0 Å². The first-order chi connectivity index (χ1) is 18.2. The highest BCUT2D eigenvalue weighted by Gasteiger charge is 2.42. The van der Waals surface area contributed by atoms with E-state index in [2.05, 4.69) is 120 Å². The lowest BCUT2D eigenvalue weighted by atomic mass is 9.64. The van der Waals surface area contributed by atoms with Gasteiger partial charge >= 0.3 is 0 Å². The van der Waals surface area contributed by atoms with Gasteiger partial charge in [0.2, 0.25) is 0 Å². The van der Waals surface area contributed by atoms with Gasteiger partial charge in [0.05, 0.1) is 5.92 Å². The summed E-state index contributed by atoms with van der Waals surface area (Å²) < 4.78 is 2.41. The molecule has 202 valence electrons. The number of hydrogen-bond acceptors (Lipinski definition) is 0. The Balaban J connectivity index is 1.42. The van der Waals surface area contributed by atoms with Crippen molar-refractivity contribution in [2.24, 2.45) is 40.9 Å². The lowest BCUT2D eigenvalue weighted by Crippen LogP contribution is -2.38. The molecule has 0 saturated carbocycles. The molecule has 0 aromatic heterocycles. The Morgan fingerprint density at radius 2 is 1.66 bits per heavy atom. The second-order valence-electron chi connectivity index (χ2n) is 13.4. The summed E-state index contributed by atoms with van der Waals surface area (Å²) in [4.78, 5) is 0. The van der Waals surface area contributed by atoms with Crippen LogP contribution in [0.5, 0.6) is 0 Å². The van der Waals surface area contributed by atoms with Crippen molar-refractivity contribution in [2.75, 3.05) is 7.05 Å². The molecule has 0 amide bonds. The van der Waals surface area contributed by atoms with Gasteiger partial charge in [-0.05, 0) is 65.7 Å². The third kappa shape index (κ3) is 5.11. The van der Waals surface area contributed by atoms with Crippen LogP contribution in [0, 0.1) is 40.9 Å². The number of hydrogen-bond donors (Lipinski definition) is 0. The van der Waals surface area contributed by atoms with Crippen LogP contribution in [0.1, 0.15) is 80.1 Å². The van der Waals surface area contributed by atoms with Gasteiger partial charge in [0, 0.05) is 23.3 Å². The number of allylic oxidation sites excluding steroid dienone is 15. The summed E-state index contributed by atoms with van der Waals surface area (Å²) in [5.41, 5.74) is 9.55. The molecule has 0 aromatic carbocycles. The highest BCUT2D eigenvalue weighted by atomic mass is 15.0. The molecule has 5 aliphatic rings. The minimum atomic E-state index is 0.251. The molecule has 0 aromatic rings. The molecule has 1 aliphatic heterocycles. The Labute approximate surface area is 232 Å². The predicted octanol–water partition coefficient (Wildman–Crippen LogP) is 9.54. The van der Waals surface area contributed by atoms with E-state index in [0.29, 0.717) is 29.6 Å². The molecular weight excluding hydrogens is 458 g/mol. The minimum absolute atomic E-state index is 0.251. The fourth-order valence-corrected chi connectivity index (χ4v) is 7.53. The summed E-state index contributed by atoms with van der Waals surface area (Å²) in [6, 6.07) is 0. The van der Waals surface area contributed by atoms with Gasteiger partial charge in [0.1, 0.15) is 7.05 Å². The van der Waals surface area contributed by atoms with E-state index in [1.54, 1.807) is 11.1 Å². The molecule has 0 fully saturated rings. The first kappa shape index (κ1) is 27.2. The molecule has 0 bridgehead atoms. The average Bonchev–Trinajstić information content (AvgIpc) is 2.90. The fourth-order valence-electron chi connectivity index (χ4n) is 7.53. The van der Waals surface area contributed by atoms with Crippen LogP contribution in [-0.2, 0) is 0 Å². The molecule has 0 spiro atoms. The zero-order valence-electron chi connectivity index (χ0n) is 25.0. The molecule has 5 rings (SSSR count). The van der Waals surface area contributed by atoms with Crippen molar-refractivity contribution < 1.29 is 4.58 Å². The summed E-state index contributed by atoms with van der Waals surface area (Å²) in [7, 11) is 2.25. The van der Waals surface area contributed by atoms with Gasteiger partial charge in [-0.15, -0.1) is 0 Å². The topological polar surface area (TPSA) is 3.01 Å². The van der Waals surface area contributed by atoms with Gasteiger partial charge in [-0.3, -0.25) is 0 Å². The maximum Gasteiger partial charge on any atom is 0.192 e. The van der Waals surface area contributed by atoms with Crippen LogP contribution in [0.2, 0.25) is 0 Å². The largest absolute Gasteiger partial charge is 0.205 e. The van der Waals surface area contributed by atoms with Crippen LogP contribution in [0.15, 0.2) is 94.8 Å². The van der Waals surface area contributed by atoms with E-state index in [9.17, 15) is 0 Å². The van der Waals surface area contributed by atoms with E-state index in [4.69, 9.17) is 0 Å². The van der Waals surface area contributed by atoms with Gasteiger partial charge in [-0.25, -0.2) is 4.58 Å². The van der Waals surface area contributed by atoms with Crippen LogP contribution in [0.4, 0.5) is 0 Å². The Bertz CT molecular complexity index is 1210. The minimum Gasteiger partial charge on any atom is -0.205 e. The van der Waals surface area contributed by atoms with Crippen LogP contribution in [0.25, 0.3) is 0 Å². The van der Waals surface area contributed by atoms with E-state index < -0.39 is 0 Å². The van der Waals surface area contributed by atoms with Crippen molar-refractivity contribution in [1.29, 1.82) is 0 Å². The van der Waals surface area contributed by atoms with Crippen LogP contribution in [0.3, 0.4) is 0 Å². The Kier molecular flexibility index (Phi) is 7.86. The maximum atomic E-state index is 2.57. The van der Waals surface area contributed by atoms with E-state index in [-0.39, 0.29) is 5.41 Å². The van der Waals surface area contributed by atoms with Crippen LogP contribution < -0.4 is 0 Å². The summed E-state index contributed by atoms with van der Waals surface area (Å²) in [5, 5.41) is 0. The van der Waals surface area contributed by atoms with Gasteiger partial charge in [-0.2, -0.15) is 0 Å². The predicted molar refractivity (Wildman–Crippen MR) is 164 cm³/mol. The smallest absolute Gasteiger partial charge is 0.192 e. The molecule has 0 radical (unpaired) electrons. The maximum absolute atomic E-state index is 2.57. The molecule has 1 nitrogen and oxygen atoms in total. The Morgan fingerprint density at radius 1 is 0.921 bits per heavy atom. The van der Waals surface area contributed by atoms with Crippen molar-refractivity contribution in [2.45, 2.75) is 80.1 Å². The van der Waals surface area contributed by atoms with Crippen molar-refractivity contribution in [1.82, 2.24) is 0 Å². The molecule has 1 heterocycles. The van der Waals surface area contributed by atoms with Gasteiger partial charge in [-0.1, -0.05) is 115 Å². The number of unbranched alkanes of at least 4 members (excludes halogenated alkanes) is 1. The highest BCUT2D eigenvalue weighted by Crippen LogP contribution is 2.48. The summed E-state index contributed by atoms with van der Waals surface area (Å²) in [6.45, 7) is 14.2. The van der Waals surface area contributed by atoms with Gasteiger partial charge in [0.15, 0.2) is 11.9 Å². The number of nitrogens with zero attached hydrogens (tertiary/aromatic N) is 1. The van der Waals surface area contributed by atoms with Crippen molar-refractivity contribution in [3.05, 3.63) is 94.8 Å². The van der Waals surface area contributed by atoms with E-state index in [0.717, 1.165) is 5.92 Å². The van der Waals surface area contributed by atoms with Crippen LogP contribution in [-0.4, -0.2) is 17.3 Å². The number of rotatable bonds is 8. The third-order valence-electron chi connectivity index (χ3n) is 9.74. The molecule has 5 unspecified atom stereocenters. The molecule has 38 heavy (non-hydrogen) atoms. The average molecular weight is 509 g/mol. The van der Waals surface area contributed by atoms with Gasteiger partial charge in [0.25, 0.3) is 0 Å². The van der Waals surface area contributed by atoms with E-state index in [1.807, 2.05) is 0 Å². The molecule has 4 aliphatic carbocycles. The van der Waals surface area contributed by atoms with Gasteiger partial charge < -0.3 is 0 Å². The highest BCUT2D eigenvalue weighted by molar-refractivity contribution is 6.01. The lowest BCUT2D eigenvalue weighted by Gasteiger charge is -2.39. The summed E-state index contributed by atoms with van der Waals surface area (Å²) in [6.07, 6.45) is 34.7. The molecular formula is C37H50N+. The zero-order chi connectivity index (χ0) is 27.0. The van der Waals surface area contributed by atoms with Crippen molar-refractivity contribution in [3.63, 3.8) is 0 Å².